The molecule has 1 aromatic rings. The van der Waals surface area contributed by atoms with Gasteiger partial charge in [0.05, 0.1) is 23.1 Å². The molecular weight excluding hydrogens is 256 g/mol. The topological polar surface area (TPSA) is 64.4 Å². The average Bonchev–Trinajstić information content (AvgIpc) is 2.37. The minimum Gasteiger partial charge on any atom is -0.491 e. The molecule has 0 amide bonds. The molecule has 0 bridgehead atoms. The van der Waals surface area contributed by atoms with Crippen LogP contribution in [-0.4, -0.2) is 17.1 Å². The van der Waals surface area contributed by atoms with Crippen LogP contribution in [0.1, 0.15) is 33.6 Å². The first-order chi connectivity index (χ1) is 9.46. The zero-order chi connectivity index (χ0) is 15.1. The van der Waals surface area contributed by atoms with Crippen LogP contribution in [0.5, 0.6) is 5.75 Å². The van der Waals surface area contributed by atoms with E-state index in [2.05, 4.69) is 11.2 Å². The Morgan fingerprint density at radius 2 is 2.15 bits per heavy atom. The lowest BCUT2D eigenvalue weighted by Crippen LogP contribution is -2.17. The lowest BCUT2D eigenvalue weighted by molar-refractivity contribution is -0.384. The number of nitro groups is 1. The molecule has 0 aliphatic rings. The molecule has 0 aliphatic heterocycles. The Bertz CT molecular complexity index is 506. The molecule has 5 nitrogen and oxygen atoms in total. The quantitative estimate of drug-likeness (QED) is 0.469. The molecule has 20 heavy (non-hydrogen) atoms. The van der Waals surface area contributed by atoms with Gasteiger partial charge >= 0.3 is 0 Å². The molecule has 0 heterocycles. The highest BCUT2D eigenvalue weighted by atomic mass is 16.6. The van der Waals surface area contributed by atoms with Crippen molar-refractivity contribution in [2.45, 2.75) is 45.8 Å². The number of ether oxygens (including phenoxy) is 1. The second-order valence-corrected chi connectivity index (χ2v) is 4.79. The van der Waals surface area contributed by atoms with Crippen molar-refractivity contribution in [3.63, 3.8) is 0 Å². The van der Waals surface area contributed by atoms with E-state index in [1.807, 2.05) is 20.8 Å². The molecule has 0 radical (unpaired) electrons. The number of nitrogens with one attached hydrogen (secondary N) is 1. The number of nitrogens with zero attached hydrogens (tertiary/aromatic N) is 1. The highest BCUT2D eigenvalue weighted by molar-refractivity contribution is 5.57. The van der Waals surface area contributed by atoms with Crippen molar-refractivity contribution in [1.82, 2.24) is 0 Å². The summed E-state index contributed by atoms with van der Waals surface area (Å²) in [5.41, 5.74) is 0.587. The van der Waals surface area contributed by atoms with Crippen LogP contribution >= 0.6 is 0 Å². The Labute approximate surface area is 119 Å². The van der Waals surface area contributed by atoms with Crippen LogP contribution in [-0.2, 0) is 0 Å². The van der Waals surface area contributed by atoms with Crippen LogP contribution in [0.2, 0.25) is 0 Å². The largest absolute Gasteiger partial charge is 0.491 e. The van der Waals surface area contributed by atoms with E-state index in [1.165, 1.54) is 12.1 Å². The third-order valence-electron chi connectivity index (χ3n) is 2.59. The van der Waals surface area contributed by atoms with Gasteiger partial charge in [-0.05, 0) is 20.3 Å². The first-order valence-corrected chi connectivity index (χ1v) is 6.65. The van der Waals surface area contributed by atoms with Crippen molar-refractivity contribution in [2.75, 3.05) is 5.32 Å². The van der Waals surface area contributed by atoms with E-state index in [0.717, 1.165) is 12.8 Å². The summed E-state index contributed by atoms with van der Waals surface area (Å²) in [7, 11) is 0. The number of benzene rings is 1. The maximum Gasteiger partial charge on any atom is 0.275 e. The van der Waals surface area contributed by atoms with E-state index in [1.54, 1.807) is 6.07 Å². The Morgan fingerprint density at radius 3 is 2.65 bits per heavy atom. The van der Waals surface area contributed by atoms with E-state index in [4.69, 9.17) is 11.2 Å². The average molecular weight is 276 g/mol. The van der Waals surface area contributed by atoms with E-state index in [-0.39, 0.29) is 17.8 Å². The minimum absolute atomic E-state index is 0.0158. The lowest BCUT2D eigenvalue weighted by atomic mass is 10.1. The highest BCUT2D eigenvalue weighted by Gasteiger charge is 2.13. The highest BCUT2D eigenvalue weighted by Crippen LogP contribution is 2.27. The molecule has 0 aliphatic carbocycles. The molecule has 0 spiro atoms. The molecule has 0 saturated heterocycles. The van der Waals surface area contributed by atoms with Crippen LogP contribution in [0.25, 0.3) is 0 Å². The van der Waals surface area contributed by atoms with E-state index < -0.39 is 4.92 Å². The van der Waals surface area contributed by atoms with E-state index >= 15 is 0 Å². The van der Waals surface area contributed by atoms with Gasteiger partial charge in [-0.15, -0.1) is 6.42 Å². The molecule has 5 heteroatoms. The third kappa shape index (κ3) is 4.81. The van der Waals surface area contributed by atoms with Gasteiger partial charge in [-0.25, -0.2) is 0 Å². The molecular formula is C15H20N2O3. The Balaban J connectivity index is 3.02. The third-order valence-corrected chi connectivity index (χ3v) is 2.59. The number of hydrogen-bond acceptors (Lipinski definition) is 4. The van der Waals surface area contributed by atoms with Gasteiger partial charge < -0.3 is 10.1 Å². The van der Waals surface area contributed by atoms with Crippen LogP contribution in [0.3, 0.4) is 0 Å². The van der Waals surface area contributed by atoms with Crippen molar-refractivity contribution >= 4 is 11.4 Å². The monoisotopic (exact) mass is 276 g/mol. The molecule has 0 saturated carbocycles. The number of rotatable bonds is 7. The van der Waals surface area contributed by atoms with Crippen LogP contribution < -0.4 is 10.1 Å². The summed E-state index contributed by atoms with van der Waals surface area (Å²) in [5, 5.41) is 14.1. The summed E-state index contributed by atoms with van der Waals surface area (Å²) in [5.74, 6) is 3.10. The number of terminal acetylenes is 1. The number of anilines is 1. The van der Waals surface area contributed by atoms with Crippen molar-refractivity contribution in [1.29, 1.82) is 0 Å². The van der Waals surface area contributed by atoms with Gasteiger partial charge in [0.2, 0.25) is 0 Å². The van der Waals surface area contributed by atoms with Gasteiger partial charge in [0.15, 0.2) is 0 Å². The summed E-state index contributed by atoms with van der Waals surface area (Å²) in [4.78, 5) is 10.5. The van der Waals surface area contributed by atoms with Gasteiger partial charge in [-0.2, -0.15) is 0 Å². The second-order valence-electron chi connectivity index (χ2n) is 4.79. The molecule has 108 valence electrons. The Hall–Kier alpha value is -2.22. The van der Waals surface area contributed by atoms with Crippen LogP contribution in [0.4, 0.5) is 11.4 Å². The molecule has 1 unspecified atom stereocenters. The van der Waals surface area contributed by atoms with Crippen LogP contribution in [0, 0.1) is 22.5 Å². The van der Waals surface area contributed by atoms with Gasteiger partial charge in [-0.3, -0.25) is 10.1 Å². The van der Waals surface area contributed by atoms with E-state index in [0.29, 0.717) is 11.4 Å². The van der Waals surface area contributed by atoms with Crippen molar-refractivity contribution in [3.05, 3.63) is 28.3 Å². The zero-order valence-electron chi connectivity index (χ0n) is 12.1. The first-order valence-electron chi connectivity index (χ1n) is 6.65. The SMILES string of the molecule is C#CC(CCC)Nc1cc(OC(C)C)cc([N+](=O)[O-])c1. The Morgan fingerprint density at radius 1 is 1.45 bits per heavy atom. The molecule has 1 rings (SSSR count). The maximum absolute atomic E-state index is 11.0. The maximum atomic E-state index is 11.0. The molecule has 1 atom stereocenters. The Kier molecular flexibility index (Phi) is 5.85. The smallest absolute Gasteiger partial charge is 0.275 e. The zero-order valence-corrected chi connectivity index (χ0v) is 12.1. The van der Waals surface area contributed by atoms with Crippen molar-refractivity contribution < 1.29 is 9.66 Å². The number of nitro benzene ring substituents is 1. The molecule has 0 fully saturated rings. The van der Waals surface area contributed by atoms with Gasteiger partial charge in [0, 0.05) is 17.8 Å². The summed E-state index contributed by atoms with van der Waals surface area (Å²) < 4.78 is 5.52. The fourth-order valence-corrected chi connectivity index (χ4v) is 1.80. The van der Waals surface area contributed by atoms with E-state index in [9.17, 15) is 10.1 Å². The number of non-ortho nitro benzene ring substituents is 1. The van der Waals surface area contributed by atoms with Gasteiger partial charge in [0.1, 0.15) is 5.75 Å². The summed E-state index contributed by atoms with van der Waals surface area (Å²) in [6.07, 6.45) is 7.14. The second kappa shape index (κ2) is 7.39. The normalized spacial score (nSPS) is 11.8. The summed E-state index contributed by atoms with van der Waals surface area (Å²) >= 11 is 0. The standard InChI is InChI=1S/C15H20N2O3/c1-5-7-12(6-2)16-13-8-14(17(18)19)10-15(9-13)20-11(3)4/h2,8-12,16H,5,7H2,1,3-4H3. The first kappa shape index (κ1) is 15.8. The van der Waals surface area contributed by atoms with Gasteiger partial charge in [0.25, 0.3) is 5.69 Å². The predicted octanol–water partition coefficient (Wildman–Crippen LogP) is 3.60. The number of hydrogen-bond donors (Lipinski definition) is 1. The molecule has 1 aromatic carbocycles. The fraction of sp³-hybridized carbons (Fsp3) is 0.467. The summed E-state index contributed by atoms with van der Waals surface area (Å²) in [6, 6.07) is 4.46. The molecule has 0 aromatic heterocycles. The van der Waals surface area contributed by atoms with Crippen molar-refractivity contribution in [2.24, 2.45) is 0 Å². The fourth-order valence-electron chi connectivity index (χ4n) is 1.80. The lowest BCUT2D eigenvalue weighted by Gasteiger charge is -2.15. The summed E-state index contributed by atoms with van der Waals surface area (Å²) in [6.45, 7) is 5.77. The molecule has 1 N–H and O–H groups in total. The minimum atomic E-state index is -0.441. The van der Waals surface area contributed by atoms with Gasteiger partial charge in [-0.1, -0.05) is 19.3 Å². The predicted molar refractivity (Wildman–Crippen MR) is 80.0 cm³/mol. The van der Waals surface area contributed by atoms with Crippen LogP contribution in [0.15, 0.2) is 18.2 Å². The van der Waals surface area contributed by atoms with Crippen molar-refractivity contribution in [3.8, 4) is 18.1 Å².